The Morgan fingerprint density at radius 2 is 1.74 bits per heavy atom. The van der Waals surface area contributed by atoms with Crippen molar-refractivity contribution in [3.8, 4) is 17.6 Å². The van der Waals surface area contributed by atoms with Gasteiger partial charge in [0.1, 0.15) is 5.75 Å². The Morgan fingerprint density at radius 3 is 2.38 bits per heavy atom. The lowest BCUT2D eigenvalue weighted by Crippen LogP contribution is -2.15. The number of nitrogens with one attached hydrogen (secondary N) is 2. The van der Waals surface area contributed by atoms with Gasteiger partial charge in [0.05, 0.1) is 25.7 Å². The van der Waals surface area contributed by atoms with Gasteiger partial charge in [0.15, 0.2) is 5.82 Å². The molecule has 180 valence electrons. The maximum atomic E-state index is 12.7. The van der Waals surface area contributed by atoms with Crippen molar-refractivity contribution in [2.24, 2.45) is 5.92 Å². The van der Waals surface area contributed by atoms with Gasteiger partial charge in [0.25, 0.3) is 15.9 Å². The van der Waals surface area contributed by atoms with Gasteiger partial charge < -0.3 is 19.5 Å². The molecule has 10 nitrogen and oxygen atoms in total. The van der Waals surface area contributed by atoms with Gasteiger partial charge in [0, 0.05) is 17.3 Å². The molecule has 0 fully saturated rings. The maximum Gasteiger partial charge on any atom is 0.321 e. The molecule has 0 radical (unpaired) electrons. The van der Waals surface area contributed by atoms with E-state index in [2.05, 4.69) is 20.0 Å². The highest BCUT2D eigenvalue weighted by molar-refractivity contribution is 7.92. The van der Waals surface area contributed by atoms with Crippen LogP contribution in [0.2, 0.25) is 0 Å². The highest BCUT2D eigenvalue weighted by Gasteiger charge is 2.17. The van der Waals surface area contributed by atoms with Crippen LogP contribution in [0.3, 0.4) is 0 Å². The zero-order chi connectivity index (χ0) is 24.7. The van der Waals surface area contributed by atoms with E-state index in [1.54, 1.807) is 24.3 Å². The highest BCUT2D eigenvalue weighted by atomic mass is 32.2. The van der Waals surface area contributed by atoms with Crippen LogP contribution < -0.4 is 24.2 Å². The number of carbonyl (C=O) groups is 1. The molecule has 1 heterocycles. The Hall–Kier alpha value is -3.86. The van der Waals surface area contributed by atoms with Gasteiger partial charge in [-0.15, -0.1) is 0 Å². The number of hydrogen-bond acceptors (Lipinski definition) is 8. The van der Waals surface area contributed by atoms with Crippen LogP contribution in [0, 0.1) is 5.92 Å². The number of aromatic nitrogens is 2. The van der Waals surface area contributed by atoms with Crippen molar-refractivity contribution >= 4 is 27.4 Å². The molecular weight excluding hydrogens is 460 g/mol. The smallest absolute Gasteiger partial charge is 0.321 e. The van der Waals surface area contributed by atoms with Crippen molar-refractivity contribution in [1.82, 2.24) is 9.97 Å². The minimum absolute atomic E-state index is 0.0133. The SMILES string of the molecule is COc1cc(NS(=O)(=O)c2ccc(NC(=O)c3cccc(OCC(C)C)c3)cc2)nc(OC)n1. The van der Waals surface area contributed by atoms with Gasteiger partial charge in [0.2, 0.25) is 5.88 Å². The summed E-state index contributed by atoms with van der Waals surface area (Å²) in [6.45, 7) is 4.62. The van der Waals surface area contributed by atoms with E-state index in [9.17, 15) is 13.2 Å². The van der Waals surface area contributed by atoms with Crippen molar-refractivity contribution < 1.29 is 27.4 Å². The van der Waals surface area contributed by atoms with Crippen LogP contribution in [0.4, 0.5) is 11.5 Å². The van der Waals surface area contributed by atoms with Crippen LogP contribution in [0.15, 0.2) is 59.5 Å². The molecule has 0 aliphatic heterocycles. The van der Waals surface area contributed by atoms with Gasteiger partial charge in [-0.1, -0.05) is 19.9 Å². The molecule has 3 aromatic rings. The lowest BCUT2D eigenvalue weighted by Gasteiger charge is -2.11. The fraction of sp³-hybridized carbons (Fsp3) is 0.261. The first-order chi connectivity index (χ1) is 16.2. The summed E-state index contributed by atoms with van der Waals surface area (Å²) in [5.41, 5.74) is 0.856. The third kappa shape index (κ3) is 6.58. The first kappa shape index (κ1) is 24.8. The molecule has 0 bridgehead atoms. The highest BCUT2D eigenvalue weighted by Crippen LogP contribution is 2.22. The molecule has 2 aromatic carbocycles. The molecular formula is C23H26N4O6S. The molecule has 0 spiro atoms. The van der Waals surface area contributed by atoms with E-state index >= 15 is 0 Å². The van der Waals surface area contributed by atoms with Gasteiger partial charge in [-0.3, -0.25) is 9.52 Å². The van der Waals surface area contributed by atoms with Gasteiger partial charge >= 0.3 is 6.01 Å². The van der Waals surface area contributed by atoms with Crippen molar-refractivity contribution in [3.63, 3.8) is 0 Å². The van der Waals surface area contributed by atoms with E-state index < -0.39 is 10.0 Å². The Balaban J connectivity index is 1.70. The summed E-state index contributed by atoms with van der Waals surface area (Å²) in [4.78, 5) is 20.5. The zero-order valence-corrected chi connectivity index (χ0v) is 20.0. The zero-order valence-electron chi connectivity index (χ0n) is 19.2. The summed E-state index contributed by atoms with van der Waals surface area (Å²) in [5, 5.41) is 2.75. The standard InChI is InChI=1S/C23H26N4O6S/c1-15(2)14-33-18-7-5-6-16(12-18)22(28)24-17-8-10-19(11-9-17)34(29,30)27-20-13-21(31-3)26-23(25-20)32-4/h5-13,15H,14H2,1-4H3,(H,24,28)(H,25,26,27). The average molecular weight is 487 g/mol. The topological polar surface area (TPSA) is 129 Å². The molecule has 0 unspecified atom stereocenters. The minimum Gasteiger partial charge on any atom is -0.493 e. The van der Waals surface area contributed by atoms with E-state index in [1.807, 2.05) is 13.8 Å². The number of rotatable bonds is 10. The summed E-state index contributed by atoms with van der Waals surface area (Å²) in [6.07, 6.45) is 0. The quantitative estimate of drug-likeness (QED) is 0.445. The number of amides is 1. The van der Waals surface area contributed by atoms with Gasteiger partial charge in [-0.25, -0.2) is 8.42 Å². The van der Waals surface area contributed by atoms with Crippen LogP contribution in [0.1, 0.15) is 24.2 Å². The number of ether oxygens (including phenoxy) is 3. The Morgan fingerprint density at radius 1 is 1.00 bits per heavy atom. The predicted molar refractivity (Wildman–Crippen MR) is 127 cm³/mol. The Bertz CT molecular complexity index is 1220. The lowest BCUT2D eigenvalue weighted by molar-refractivity contribution is 0.102. The van der Waals surface area contributed by atoms with Crippen LogP contribution >= 0.6 is 0 Å². The van der Waals surface area contributed by atoms with Gasteiger partial charge in [-0.2, -0.15) is 9.97 Å². The maximum absolute atomic E-state index is 12.7. The van der Waals surface area contributed by atoms with E-state index in [1.165, 1.54) is 44.6 Å². The summed E-state index contributed by atoms with van der Waals surface area (Å²) in [5.74, 6) is 0.748. The van der Waals surface area contributed by atoms with E-state index in [0.29, 0.717) is 29.5 Å². The third-order valence-corrected chi connectivity index (χ3v) is 5.79. The minimum atomic E-state index is -3.96. The van der Waals surface area contributed by atoms with Crippen LogP contribution in [0.25, 0.3) is 0 Å². The largest absolute Gasteiger partial charge is 0.493 e. The van der Waals surface area contributed by atoms with Crippen molar-refractivity contribution in [1.29, 1.82) is 0 Å². The first-order valence-corrected chi connectivity index (χ1v) is 11.8. The number of nitrogens with zero attached hydrogens (tertiary/aromatic N) is 2. The number of carbonyl (C=O) groups excluding carboxylic acids is 1. The monoisotopic (exact) mass is 486 g/mol. The fourth-order valence-electron chi connectivity index (χ4n) is 2.76. The normalized spacial score (nSPS) is 11.1. The second-order valence-electron chi connectivity index (χ2n) is 7.60. The average Bonchev–Trinajstić information content (AvgIpc) is 2.82. The molecule has 0 saturated carbocycles. The fourth-order valence-corrected chi connectivity index (χ4v) is 3.75. The first-order valence-electron chi connectivity index (χ1n) is 10.3. The number of benzene rings is 2. The van der Waals surface area contributed by atoms with Crippen molar-refractivity contribution in [2.75, 3.05) is 30.9 Å². The molecule has 34 heavy (non-hydrogen) atoms. The molecule has 3 rings (SSSR count). The number of sulfonamides is 1. The van der Waals surface area contributed by atoms with Crippen LogP contribution in [-0.4, -0.2) is 45.1 Å². The summed E-state index contributed by atoms with van der Waals surface area (Å²) < 4.78 is 43.5. The van der Waals surface area contributed by atoms with E-state index in [-0.39, 0.29) is 28.5 Å². The molecule has 1 aromatic heterocycles. The Kier molecular flexibility index (Phi) is 7.90. The van der Waals surface area contributed by atoms with Crippen LogP contribution in [-0.2, 0) is 10.0 Å². The van der Waals surface area contributed by atoms with Crippen LogP contribution in [0.5, 0.6) is 17.6 Å². The van der Waals surface area contributed by atoms with Gasteiger partial charge in [-0.05, 0) is 48.4 Å². The van der Waals surface area contributed by atoms with Crippen molar-refractivity contribution in [2.45, 2.75) is 18.7 Å². The molecule has 0 aliphatic carbocycles. The predicted octanol–water partition coefficient (Wildman–Crippen LogP) is 3.58. The molecule has 0 aliphatic rings. The molecule has 11 heteroatoms. The summed E-state index contributed by atoms with van der Waals surface area (Å²) in [6, 6.07) is 13.9. The van der Waals surface area contributed by atoms with E-state index in [0.717, 1.165) is 0 Å². The lowest BCUT2D eigenvalue weighted by atomic mass is 10.2. The summed E-state index contributed by atoms with van der Waals surface area (Å²) >= 11 is 0. The third-order valence-electron chi connectivity index (χ3n) is 4.41. The summed E-state index contributed by atoms with van der Waals surface area (Å²) in [7, 11) is -1.21. The second-order valence-corrected chi connectivity index (χ2v) is 9.28. The van der Waals surface area contributed by atoms with Crippen molar-refractivity contribution in [3.05, 3.63) is 60.2 Å². The van der Waals surface area contributed by atoms with E-state index in [4.69, 9.17) is 14.2 Å². The molecule has 1 amide bonds. The second kappa shape index (κ2) is 10.8. The Labute approximate surface area is 198 Å². The molecule has 0 saturated heterocycles. The number of hydrogen-bond donors (Lipinski definition) is 2. The molecule has 2 N–H and O–H groups in total. The number of anilines is 2. The molecule has 0 atom stereocenters. The number of methoxy groups -OCH3 is 2.